The number of hydrogen-bond donors (Lipinski definition) is 2. The highest BCUT2D eigenvalue weighted by Crippen LogP contribution is 2.00. The maximum Gasteiger partial charge on any atom is 0.178 e. The summed E-state index contributed by atoms with van der Waals surface area (Å²) < 4.78 is 0. The quantitative estimate of drug-likeness (QED) is 0.641. The lowest BCUT2D eigenvalue weighted by atomic mass is 10.4. The lowest BCUT2D eigenvalue weighted by molar-refractivity contribution is 0.696. The summed E-state index contributed by atoms with van der Waals surface area (Å²) in [5.74, 6) is 1.12. The summed E-state index contributed by atoms with van der Waals surface area (Å²) in [5, 5.41) is 7.48. The highest BCUT2D eigenvalue weighted by Gasteiger charge is 2.01. The van der Waals surface area contributed by atoms with Crippen molar-refractivity contribution in [3.8, 4) is 0 Å². The molecule has 2 N–H and O–H groups in total. The summed E-state index contributed by atoms with van der Waals surface area (Å²) in [5.41, 5.74) is 6.34. The van der Waals surface area contributed by atoms with Gasteiger partial charge < -0.3 is 0 Å². The van der Waals surface area contributed by atoms with Crippen molar-refractivity contribution in [2.45, 2.75) is 0 Å². The highest BCUT2D eigenvalue weighted by atomic mass is 15.4. The van der Waals surface area contributed by atoms with Crippen LogP contribution in [0.1, 0.15) is 5.82 Å². The third kappa shape index (κ3) is 1.92. The number of nitrogens with one attached hydrogen (secondary N) is 2. The topological polar surface area (TPSA) is 75.1 Å². The Morgan fingerprint density at radius 1 is 1.29 bits per heavy atom. The number of rotatable bonds is 1. The van der Waals surface area contributed by atoms with Gasteiger partial charge in [-0.05, 0) is 0 Å². The first kappa shape index (κ1) is 8.36. The van der Waals surface area contributed by atoms with Gasteiger partial charge >= 0.3 is 0 Å². The van der Waals surface area contributed by atoms with Crippen LogP contribution in [-0.4, -0.2) is 21.4 Å². The highest BCUT2D eigenvalue weighted by molar-refractivity contribution is 5.79. The maximum atomic E-state index is 4.06. The smallest absolute Gasteiger partial charge is 0.178 e. The summed E-state index contributed by atoms with van der Waals surface area (Å²) in [6.45, 7) is 3.66. The molecule has 0 atom stereocenters. The van der Waals surface area contributed by atoms with Gasteiger partial charge in [0.2, 0.25) is 0 Å². The molecule has 0 bridgehead atoms. The largest absolute Gasteiger partial charge is 0.299 e. The third-order valence-electron chi connectivity index (χ3n) is 1.48. The van der Waals surface area contributed by atoms with E-state index in [2.05, 4.69) is 37.6 Å². The molecule has 2 heterocycles. The van der Waals surface area contributed by atoms with Gasteiger partial charge in [-0.2, -0.15) is 5.10 Å². The Hall–Kier alpha value is -2.24. The van der Waals surface area contributed by atoms with Crippen molar-refractivity contribution >= 4 is 12.3 Å². The Morgan fingerprint density at radius 3 is 2.86 bits per heavy atom. The van der Waals surface area contributed by atoms with Crippen LogP contribution in [0.5, 0.6) is 0 Å². The van der Waals surface area contributed by atoms with Gasteiger partial charge in [-0.15, -0.1) is 5.10 Å². The van der Waals surface area contributed by atoms with E-state index in [0.29, 0.717) is 17.3 Å². The van der Waals surface area contributed by atoms with Gasteiger partial charge in [0.15, 0.2) is 5.82 Å². The SMILES string of the molecule is C=C1C=NC(=Cc2nccnn2)NN1. The molecule has 6 nitrogen and oxygen atoms in total. The van der Waals surface area contributed by atoms with E-state index >= 15 is 0 Å². The van der Waals surface area contributed by atoms with Crippen molar-refractivity contribution in [2.75, 3.05) is 0 Å². The first-order valence-electron chi connectivity index (χ1n) is 3.95. The zero-order chi connectivity index (χ0) is 9.80. The summed E-state index contributed by atoms with van der Waals surface area (Å²) in [6, 6.07) is 0. The van der Waals surface area contributed by atoms with Crippen LogP contribution in [0.4, 0.5) is 0 Å². The lowest BCUT2D eigenvalue weighted by Gasteiger charge is -2.13. The second-order valence-corrected chi connectivity index (χ2v) is 2.56. The fourth-order valence-corrected chi connectivity index (χ4v) is 0.876. The molecule has 0 radical (unpaired) electrons. The molecule has 0 aliphatic carbocycles. The van der Waals surface area contributed by atoms with Crippen LogP contribution in [0.15, 0.2) is 35.5 Å². The first-order valence-corrected chi connectivity index (χ1v) is 3.95. The molecule has 70 valence electrons. The zero-order valence-electron chi connectivity index (χ0n) is 7.31. The van der Waals surface area contributed by atoms with Crippen LogP contribution >= 0.6 is 0 Å². The van der Waals surface area contributed by atoms with Gasteiger partial charge in [0.05, 0.1) is 18.1 Å². The minimum absolute atomic E-state index is 0.501. The average molecular weight is 188 g/mol. The zero-order valence-corrected chi connectivity index (χ0v) is 7.31. The number of aromatic nitrogens is 3. The maximum absolute atomic E-state index is 4.06. The standard InChI is InChI=1S/C8H8N6/c1-6-5-10-8(14-12-6)4-7-9-2-3-11-13-7/h2-5,12,14H,1H2. The molecular formula is C8H8N6. The number of hydrazine groups is 1. The van der Waals surface area contributed by atoms with Crippen molar-refractivity contribution in [1.29, 1.82) is 0 Å². The van der Waals surface area contributed by atoms with Gasteiger partial charge in [-0.1, -0.05) is 6.58 Å². The number of nitrogens with zero attached hydrogens (tertiary/aromatic N) is 4. The normalized spacial score (nSPS) is 17.7. The van der Waals surface area contributed by atoms with Gasteiger partial charge in [0.25, 0.3) is 0 Å². The Balaban J connectivity index is 2.20. The number of allylic oxidation sites excluding steroid dienone is 1. The van der Waals surface area contributed by atoms with Crippen molar-refractivity contribution in [2.24, 2.45) is 4.99 Å². The van der Waals surface area contributed by atoms with Crippen molar-refractivity contribution in [3.05, 3.63) is 36.3 Å². The fourth-order valence-electron chi connectivity index (χ4n) is 0.876. The molecule has 0 spiro atoms. The van der Waals surface area contributed by atoms with Crippen LogP contribution in [0.3, 0.4) is 0 Å². The summed E-state index contributed by atoms with van der Waals surface area (Å²) in [4.78, 5) is 8.04. The van der Waals surface area contributed by atoms with Gasteiger partial charge in [-0.3, -0.25) is 10.9 Å². The van der Waals surface area contributed by atoms with E-state index in [4.69, 9.17) is 0 Å². The average Bonchev–Trinajstić information content (AvgIpc) is 2.23. The Kier molecular flexibility index (Phi) is 2.18. The van der Waals surface area contributed by atoms with E-state index in [1.54, 1.807) is 18.5 Å². The predicted molar refractivity (Wildman–Crippen MR) is 51.7 cm³/mol. The van der Waals surface area contributed by atoms with Crippen LogP contribution in [-0.2, 0) is 0 Å². The van der Waals surface area contributed by atoms with Crippen LogP contribution in [0, 0.1) is 0 Å². The van der Waals surface area contributed by atoms with E-state index in [-0.39, 0.29) is 0 Å². The summed E-state index contributed by atoms with van der Waals surface area (Å²) >= 11 is 0. The molecule has 1 aromatic heterocycles. The summed E-state index contributed by atoms with van der Waals surface area (Å²) in [6.07, 6.45) is 6.36. The third-order valence-corrected chi connectivity index (χ3v) is 1.48. The molecule has 1 aliphatic heterocycles. The van der Waals surface area contributed by atoms with Crippen molar-refractivity contribution in [3.63, 3.8) is 0 Å². The van der Waals surface area contributed by atoms with E-state index in [0.717, 1.165) is 0 Å². The Labute approximate surface area is 80.5 Å². The van der Waals surface area contributed by atoms with E-state index in [9.17, 15) is 0 Å². The molecule has 6 heteroatoms. The molecule has 0 amide bonds. The van der Waals surface area contributed by atoms with E-state index < -0.39 is 0 Å². The van der Waals surface area contributed by atoms with Crippen LogP contribution in [0.25, 0.3) is 6.08 Å². The molecule has 0 saturated heterocycles. The molecule has 0 aromatic carbocycles. The van der Waals surface area contributed by atoms with E-state index in [1.165, 1.54) is 6.20 Å². The van der Waals surface area contributed by atoms with Crippen molar-refractivity contribution < 1.29 is 0 Å². The van der Waals surface area contributed by atoms with Gasteiger partial charge in [-0.25, -0.2) is 9.98 Å². The molecule has 1 aromatic rings. The van der Waals surface area contributed by atoms with Crippen LogP contribution in [0.2, 0.25) is 0 Å². The van der Waals surface area contributed by atoms with Crippen molar-refractivity contribution in [1.82, 2.24) is 26.0 Å². The minimum atomic E-state index is 0.501. The second kappa shape index (κ2) is 3.65. The lowest BCUT2D eigenvalue weighted by Crippen LogP contribution is -2.33. The number of hydrogen-bond acceptors (Lipinski definition) is 6. The van der Waals surface area contributed by atoms with Gasteiger partial charge in [0.1, 0.15) is 5.82 Å². The fraction of sp³-hybridized carbons (Fsp3) is 0. The molecule has 2 rings (SSSR count). The molecular weight excluding hydrogens is 180 g/mol. The second-order valence-electron chi connectivity index (χ2n) is 2.56. The van der Waals surface area contributed by atoms with Gasteiger partial charge in [0, 0.05) is 12.3 Å². The number of aliphatic imine (C=N–C) groups is 1. The first-order chi connectivity index (χ1) is 6.84. The Bertz CT molecular complexity index is 394. The summed E-state index contributed by atoms with van der Waals surface area (Å²) in [7, 11) is 0. The predicted octanol–water partition coefficient (Wildman–Crippen LogP) is -0.138. The Morgan fingerprint density at radius 2 is 2.21 bits per heavy atom. The molecule has 0 saturated carbocycles. The molecule has 14 heavy (non-hydrogen) atoms. The van der Waals surface area contributed by atoms with Crippen LogP contribution < -0.4 is 10.9 Å². The molecule has 0 fully saturated rings. The van der Waals surface area contributed by atoms with E-state index in [1.807, 2.05) is 0 Å². The minimum Gasteiger partial charge on any atom is -0.299 e. The molecule has 0 unspecified atom stereocenters. The molecule has 1 aliphatic rings. The monoisotopic (exact) mass is 188 g/mol.